The standard InChI is InChI=1S/C20H26N2O3/c1-14(2)24-17-7-5-16(6-8-17)20(10-3-4-11-20)19-21-18(22-25-19)15-9-12-23-13-15/h5-8,14-15H,3-4,9-13H2,1-2H3. The van der Waals surface area contributed by atoms with E-state index in [-0.39, 0.29) is 17.4 Å². The van der Waals surface area contributed by atoms with E-state index < -0.39 is 0 Å². The van der Waals surface area contributed by atoms with Gasteiger partial charge in [0.15, 0.2) is 5.82 Å². The van der Waals surface area contributed by atoms with Crippen LogP contribution in [0.1, 0.15) is 69.1 Å². The van der Waals surface area contributed by atoms with E-state index in [0.29, 0.717) is 6.61 Å². The van der Waals surface area contributed by atoms with Crippen LogP contribution in [-0.4, -0.2) is 29.5 Å². The molecule has 2 aromatic rings. The molecule has 2 heterocycles. The Morgan fingerprint density at radius 1 is 1.16 bits per heavy atom. The molecule has 5 nitrogen and oxygen atoms in total. The van der Waals surface area contributed by atoms with E-state index in [2.05, 4.69) is 29.4 Å². The first kappa shape index (κ1) is 16.6. The van der Waals surface area contributed by atoms with Crippen LogP contribution in [0.4, 0.5) is 0 Å². The van der Waals surface area contributed by atoms with Gasteiger partial charge in [0, 0.05) is 12.5 Å². The van der Waals surface area contributed by atoms with Gasteiger partial charge in [0.05, 0.1) is 18.1 Å². The molecule has 0 N–H and O–H groups in total. The summed E-state index contributed by atoms with van der Waals surface area (Å²) in [6, 6.07) is 8.42. The Morgan fingerprint density at radius 2 is 1.92 bits per heavy atom. The Labute approximate surface area is 148 Å². The van der Waals surface area contributed by atoms with Gasteiger partial charge < -0.3 is 14.0 Å². The van der Waals surface area contributed by atoms with Crippen LogP contribution in [0, 0.1) is 0 Å². The van der Waals surface area contributed by atoms with Crippen molar-refractivity contribution in [3.8, 4) is 5.75 Å². The van der Waals surface area contributed by atoms with Crippen LogP contribution in [0.2, 0.25) is 0 Å². The van der Waals surface area contributed by atoms with Crippen molar-refractivity contribution in [3.05, 3.63) is 41.5 Å². The third-order valence-electron chi connectivity index (χ3n) is 5.38. The Kier molecular flexibility index (Phi) is 4.50. The molecule has 4 rings (SSSR count). The highest BCUT2D eigenvalue weighted by Gasteiger charge is 2.43. The Morgan fingerprint density at radius 3 is 2.56 bits per heavy atom. The third kappa shape index (κ3) is 3.17. The van der Waals surface area contributed by atoms with E-state index in [1.54, 1.807) is 0 Å². The normalized spacial score (nSPS) is 22.6. The molecule has 1 aromatic heterocycles. The Bertz CT molecular complexity index is 696. The second kappa shape index (κ2) is 6.79. The second-order valence-electron chi connectivity index (χ2n) is 7.50. The molecule has 1 aliphatic heterocycles. The quantitative estimate of drug-likeness (QED) is 0.814. The molecule has 1 aliphatic carbocycles. The Balaban J connectivity index is 1.63. The lowest BCUT2D eigenvalue weighted by Crippen LogP contribution is -2.24. The number of benzene rings is 1. The van der Waals surface area contributed by atoms with Gasteiger partial charge >= 0.3 is 0 Å². The minimum Gasteiger partial charge on any atom is -0.491 e. The molecule has 1 atom stereocenters. The lowest BCUT2D eigenvalue weighted by Gasteiger charge is -2.25. The van der Waals surface area contributed by atoms with E-state index in [1.807, 2.05) is 13.8 Å². The molecule has 0 spiro atoms. The molecular weight excluding hydrogens is 316 g/mol. The van der Waals surface area contributed by atoms with Crippen molar-refractivity contribution in [2.75, 3.05) is 13.2 Å². The average Bonchev–Trinajstić information content (AvgIpc) is 3.35. The van der Waals surface area contributed by atoms with Crippen LogP contribution < -0.4 is 4.74 Å². The number of aromatic nitrogens is 2. The minimum atomic E-state index is -0.152. The van der Waals surface area contributed by atoms with Crippen molar-refractivity contribution in [2.45, 2.75) is 63.4 Å². The van der Waals surface area contributed by atoms with E-state index in [0.717, 1.165) is 43.3 Å². The molecular formula is C20H26N2O3. The molecule has 1 saturated carbocycles. The average molecular weight is 342 g/mol. The van der Waals surface area contributed by atoms with Gasteiger partial charge in [-0.25, -0.2) is 0 Å². The fraction of sp³-hybridized carbons (Fsp3) is 0.600. The number of rotatable bonds is 5. The predicted octanol–water partition coefficient (Wildman–Crippen LogP) is 4.22. The molecule has 1 aromatic carbocycles. The van der Waals surface area contributed by atoms with E-state index in [9.17, 15) is 0 Å². The van der Waals surface area contributed by atoms with Crippen molar-refractivity contribution in [1.82, 2.24) is 10.1 Å². The maximum atomic E-state index is 5.78. The predicted molar refractivity (Wildman–Crippen MR) is 93.9 cm³/mol. The smallest absolute Gasteiger partial charge is 0.237 e. The summed E-state index contributed by atoms with van der Waals surface area (Å²) in [5.41, 5.74) is 1.10. The van der Waals surface area contributed by atoms with Gasteiger partial charge in [0.2, 0.25) is 5.89 Å². The monoisotopic (exact) mass is 342 g/mol. The summed E-state index contributed by atoms with van der Waals surface area (Å²) in [6.07, 6.45) is 5.65. The first-order chi connectivity index (χ1) is 12.2. The zero-order valence-electron chi connectivity index (χ0n) is 15.0. The van der Waals surface area contributed by atoms with Crippen molar-refractivity contribution in [1.29, 1.82) is 0 Å². The molecule has 2 fully saturated rings. The SMILES string of the molecule is CC(C)Oc1ccc(C2(c3nc(C4CCOC4)no3)CCCC2)cc1. The molecule has 1 unspecified atom stereocenters. The van der Waals surface area contributed by atoms with Gasteiger partial charge in [-0.3, -0.25) is 0 Å². The zero-order valence-corrected chi connectivity index (χ0v) is 15.0. The van der Waals surface area contributed by atoms with Gasteiger partial charge in [0.25, 0.3) is 0 Å². The number of nitrogens with zero attached hydrogens (tertiary/aromatic N) is 2. The van der Waals surface area contributed by atoms with Crippen LogP contribution in [0.25, 0.3) is 0 Å². The van der Waals surface area contributed by atoms with Crippen molar-refractivity contribution < 1.29 is 14.0 Å². The third-order valence-corrected chi connectivity index (χ3v) is 5.38. The summed E-state index contributed by atoms with van der Waals surface area (Å²) in [6.45, 7) is 5.57. The highest BCUT2D eigenvalue weighted by atomic mass is 16.5. The van der Waals surface area contributed by atoms with E-state index >= 15 is 0 Å². The van der Waals surface area contributed by atoms with Gasteiger partial charge in [-0.1, -0.05) is 30.1 Å². The lowest BCUT2D eigenvalue weighted by atomic mass is 9.78. The summed E-state index contributed by atoms with van der Waals surface area (Å²) < 4.78 is 17.0. The molecule has 0 radical (unpaired) electrons. The van der Waals surface area contributed by atoms with Crippen molar-refractivity contribution in [3.63, 3.8) is 0 Å². The maximum Gasteiger partial charge on any atom is 0.237 e. The van der Waals surface area contributed by atoms with Crippen molar-refractivity contribution >= 4 is 0 Å². The summed E-state index contributed by atoms with van der Waals surface area (Å²) in [7, 11) is 0. The number of ether oxygens (including phenoxy) is 2. The fourth-order valence-corrected chi connectivity index (χ4v) is 4.06. The zero-order chi connectivity index (χ0) is 17.3. The molecule has 134 valence electrons. The summed E-state index contributed by atoms with van der Waals surface area (Å²) in [4.78, 5) is 4.80. The highest BCUT2D eigenvalue weighted by Crippen LogP contribution is 2.46. The van der Waals surface area contributed by atoms with E-state index in [1.165, 1.54) is 18.4 Å². The summed E-state index contributed by atoms with van der Waals surface area (Å²) in [5.74, 6) is 2.75. The van der Waals surface area contributed by atoms with Crippen LogP contribution in [0.3, 0.4) is 0 Å². The molecule has 0 bridgehead atoms. The molecule has 2 aliphatic rings. The van der Waals surface area contributed by atoms with Crippen LogP contribution >= 0.6 is 0 Å². The van der Waals surface area contributed by atoms with Crippen LogP contribution in [0.15, 0.2) is 28.8 Å². The number of hydrogen-bond donors (Lipinski definition) is 0. The Hall–Kier alpha value is -1.88. The molecule has 25 heavy (non-hydrogen) atoms. The highest BCUT2D eigenvalue weighted by molar-refractivity contribution is 5.37. The lowest BCUT2D eigenvalue weighted by molar-refractivity contribution is 0.192. The first-order valence-electron chi connectivity index (χ1n) is 9.36. The van der Waals surface area contributed by atoms with E-state index in [4.69, 9.17) is 19.0 Å². The van der Waals surface area contributed by atoms with Gasteiger partial charge in [-0.05, 0) is 50.8 Å². The minimum absolute atomic E-state index is 0.152. The topological polar surface area (TPSA) is 57.4 Å². The summed E-state index contributed by atoms with van der Waals surface area (Å²) in [5, 5.41) is 4.28. The molecule has 1 saturated heterocycles. The second-order valence-corrected chi connectivity index (χ2v) is 7.50. The molecule has 0 amide bonds. The first-order valence-corrected chi connectivity index (χ1v) is 9.36. The maximum absolute atomic E-state index is 5.78. The number of hydrogen-bond acceptors (Lipinski definition) is 5. The van der Waals surface area contributed by atoms with Gasteiger partial charge in [0.1, 0.15) is 5.75 Å². The van der Waals surface area contributed by atoms with Gasteiger partial charge in [-0.15, -0.1) is 0 Å². The largest absolute Gasteiger partial charge is 0.491 e. The fourth-order valence-electron chi connectivity index (χ4n) is 4.06. The van der Waals surface area contributed by atoms with Gasteiger partial charge in [-0.2, -0.15) is 4.98 Å². The van der Waals surface area contributed by atoms with Crippen LogP contribution in [-0.2, 0) is 10.2 Å². The molecule has 5 heteroatoms. The van der Waals surface area contributed by atoms with Crippen LogP contribution in [0.5, 0.6) is 5.75 Å². The van der Waals surface area contributed by atoms with Crippen molar-refractivity contribution in [2.24, 2.45) is 0 Å². The summed E-state index contributed by atoms with van der Waals surface area (Å²) >= 11 is 0.